The normalized spacial score (nSPS) is 15.9. The van der Waals surface area contributed by atoms with Crippen LogP contribution in [0.4, 0.5) is 0 Å². The Hall–Kier alpha value is -0.780. The number of phenolic OH excluding ortho intramolecular Hbond substituents is 1. The molecule has 0 amide bonds. The van der Waals surface area contributed by atoms with Crippen molar-refractivity contribution in [3.05, 3.63) is 27.7 Å². The van der Waals surface area contributed by atoms with Crippen LogP contribution in [-0.4, -0.2) is 16.2 Å². The molecule has 0 radical (unpaired) electrons. The molecule has 1 aromatic rings. The second kappa shape index (κ2) is 5.91. The van der Waals surface area contributed by atoms with Crippen LogP contribution in [0.3, 0.4) is 0 Å². The van der Waals surface area contributed by atoms with Crippen LogP contribution in [0.15, 0.2) is 16.6 Å². The van der Waals surface area contributed by atoms with Gasteiger partial charge in [-0.3, -0.25) is 0 Å². The van der Waals surface area contributed by atoms with E-state index < -0.39 is 12.0 Å². The minimum Gasteiger partial charge on any atom is -0.506 e. The van der Waals surface area contributed by atoms with Crippen LogP contribution in [0.5, 0.6) is 5.75 Å². The Morgan fingerprint density at radius 1 is 1.50 bits per heavy atom. The molecule has 0 bridgehead atoms. The molecule has 0 aliphatic heterocycles. The number of carboxylic acid groups (broad SMARTS) is 1. The van der Waals surface area contributed by atoms with Crippen LogP contribution in [0.2, 0.25) is 0 Å². The quantitative estimate of drug-likeness (QED) is 0.789. The molecule has 0 heterocycles. The molecule has 1 fully saturated rings. The Labute approximate surface area is 120 Å². The van der Waals surface area contributed by atoms with E-state index in [0.29, 0.717) is 16.0 Å². The molecular weight excluding hydrogens is 321 g/mol. The highest BCUT2D eigenvalue weighted by Crippen LogP contribution is 2.41. The highest BCUT2D eigenvalue weighted by molar-refractivity contribution is 9.10. The van der Waals surface area contributed by atoms with Gasteiger partial charge in [-0.1, -0.05) is 12.8 Å². The van der Waals surface area contributed by atoms with Crippen molar-refractivity contribution in [2.45, 2.75) is 25.3 Å². The van der Waals surface area contributed by atoms with Crippen LogP contribution in [0.25, 0.3) is 0 Å². The van der Waals surface area contributed by atoms with E-state index in [-0.39, 0.29) is 23.7 Å². The van der Waals surface area contributed by atoms with Gasteiger partial charge in [0.1, 0.15) is 5.75 Å². The van der Waals surface area contributed by atoms with E-state index in [1.54, 1.807) is 0 Å². The summed E-state index contributed by atoms with van der Waals surface area (Å²) in [6, 6.07) is 2.56. The van der Waals surface area contributed by atoms with Gasteiger partial charge < -0.3 is 15.9 Å². The number of hydrogen-bond donors (Lipinski definition) is 3. The van der Waals surface area contributed by atoms with Crippen molar-refractivity contribution in [1.82, 2.24) is 0 Å². The predicted octanol–water partition coefficient (Wildman–Crippen LogP) is 3.07. The monoisotopic (exact) mass is 335 g/mol. The molecule has 1 aliphatic rings. The van der Waals surface area contributed by atoms with E-state index in [1.165, 1.54) is 12.1 Å². The summed E-state index contributed by atoms with van der Waals surface area (Å²) in [6.07, 6.45) is 3.01. The smallest absolute Gasteiger partial charge is 0.336 e. The summed E-state index contributed by atoms with van der Waals surface area (Å²) in [6.45, 7) is 0. The molecule has 1 aliphatic carbocycles. The molecule has 0 unspecified atom stereocenters. The topological polar surface area (TPSA) is 83.6 Å². The Morgan fingerprint density at radius 2 is 2.11 bits per heavy atom. The fourth-order valence-electron chi connectivity index (χ4n) is 1.97. The van der Waals surface area contributed by atoms with Crippen molar-refractivity contribution in [2.75, 3.05) is 0 Å². The van der Waals surface area contributed by atoms with Crippen molar-refractivity contribution in [2.24, 2.45) is 11.7 Å². The number of rotatable bonds is 4. The molecule has 0 aromatic heterocycles. The molecule has 6 heteroatoms. The molecule has 4 nitrogen and oxygen atoms in total. The van der Waals surface area contributed by atoms with Gasteiger partial charge in [0.05, 0.1) is 10.0 Å². The zero-order chi connectivity index (χ0) is 12.6. The fourth-order valence-corrected chi connectivity index (χ4v) is 2.32. The third-order valence-electron chi connectivity index (χ3n) is 3.05. The average Bonchev–Trinajstić information content (AvgIpc) is 3.05. The number of halogens is 2. The average molecular weight is 337 g/mol. The maximum atomic E-state index is 11.1. The lowest BCUT2D eigenvalue weighted by molar-refractivity contribution is 0.0694. The van der Waals surface area contributed by atoms with Crippen LogP contribution in [0, 0.1) is 5.92 Å². The van der Waals surface area contributed by atoms with Crippen molar-refractivity contribution in [3.8, 4) is 5.75 Å². The van der Waals surface area contributed by atoms with Gasteiger partial charge in [-0.25, -0.2) is 4.79 Å². The largest absolute Gasteiger partial charge is 0.506 e. The molecule has 0 saturated heterocycles. The second-order valence-electron chi connectivity index (χ2n) is 4.45. The number of carboxylic acids is 1. The second-order valence-corrected chi connectivity index (χ2v) is 5.30. The SMILES string of the molecule is Cl.N[C@H](CC1CC1)c1c(C(=O)O)ccc(Br)c1O. The first-order chi connectivity index (χ1) is 8.00. The van der Waals surface area contributed by atoms with Crippen LogP contribution >= 0.6 is 28.3 Å². The van der Waals surface area contributed by atoms with Crippen molar-refractivity contribution in [1.29, 1.82) is 0 Å². The van der Waals surface area contributed by atoms with Gasteiger partial charge in [0.2, 0.25) is 0 Å². The lowest BCUT2D eigenvalue weighted by Crippen LogP contribution is -2.16. The summed E-state index contributed by atoms with van der Waals surface area (Å²) < 4.78 is 0.476. The molecule has 4 N–H and O–H groups in total. The summed E-state index contributed by atoms with van der Waals surface area (Å²) >= 11 is 3.18. The minimum atomic E-state index is -1.06. The Bertz CT molecular complexity index is 463. The third kappa shape index (κ3) is 3.16. The summed E-state index contributed by atoms with van der Waals surface area (Å²) in [7, 11) is 0. The Kier molecular flexibility index (Phi) is 5.01. The number of aromatic carboxylic acids is 1. The van der Waals surface area contributed by atoms with E-state index >= 15 is 0 Å². The molecular formula is C12H15BrClNO3. The first-order valence-electron chi connectivity index (χ1n) is 5.51. The molecule has 1 aromatic carbocycles. The van der Waals surface area contributed by atoms with E-state index in [1.807, 2.05) is 0 Å². The van der Waals surface area contributed by atoms with E-state index in [9.17, 15) is 9.90 Å². The maximum Gasteiger partial charge on any atom is 0.336 e. The van der Waals surface area contributed by atoms with Crippen molar-refractivity contribution in [3.63, 3.8) is 0 Å². The number of benzene rings is 1. The standard InChI is InChI=1S/C12H14BrNO3.ClH/c13-8-4-3-7(12(16)17)10(11(8)15)9(14)5-6-1-2-6;/h3-4,6,9,15H,1-2,5,14H2,(H,16,17);1H/t9-;/m1./s1. The fraction of sp³-hybridized carbons (Fsp3) is 0.417. The molecule has 2 rings (SSSR count). The van der Waals surface area contributed by atoms with Gasteiger partial charge in [-0.05, 0) is 40.4 Å². The predicted molar refractivity (Wildman–Crippen MR) is 74.3 cm³/mol. The molecule has 1 atom stereocenters. The molecule has 1 saturated carbocycles. The summed E-state index contributed by atoms with van der Waals surface area (Å²) in [5, 5.41) is 19.0. The minimum absolute atomic E-state index is 0. The van der Waals surface area contributed by atoms with Gasteiger partial charge in [0.25, 0.3) is 0 Å². The molecule has 0 spiro atoms. The zero-order valence-electron chi connectivity index (χ0n) is 9.60. The molecule has 100 valence electrons. The van der Waals surface area contributed by atoms with Crippen LogP contribution in [-0.2, 0) is 0 Å². The first-order valence-corrected chi connectivity index (χ1v) is 6.30. The van der Waals surface area contributed by atoms with E-state index in [2.05, 4.69) is 15.9 Å². The van der Waals surface area contributed by atoms with Gasteiger partial charge in [0.15, 0.2) is 0 Å². The van der Waals surface area contributed by atoms with E-state index in [4.69, 9.17) is 10.8 Å². The van der Waals surface area contributed by atoms with Crippen molar-refractivity contribution >= 4 is 34.3 Å². The van der Waals surface area contributed by atoms with E-state index in [0.717, 1.165) is 19.3 Å². The number of carbonyl (C=O) groups is 1. The highest BCUT2D eigenvalue weighted by atomic mass is 79.9. The van der Waals surface area contributed by atoms with Gasteiger partial charge in [-0.2, -0.15) is 0 Å². The van der Waals surface area contributed by atoms with Gasteiger partial charge in [0, 0.05) is 11.6 Å². The van der Waals surface area contributed by atoms with Crippen molar-refractivity contribution < 1.29 is 15.0 Å². The van der Waals surface area contributed by atoms with Crippen LogP contribution < -0.4 is 5.73 Å². The Balaban J connectivity index is 0.00000162. The van der Waals surface area contributed by atoms with Crippen LogP contribution in [0.1, 0.15) is 41.2 Å². The maximum absolute atomic E-state index is 11.1. The number of aromatic hydroxyl groups is 1. The van der Waals surface area contributed by atoms with Gasteiger partial charge >= 0.3 is 5.97 Å². The first kappa shape index (κ1) is 15.3. The lowest BCUT2D eigenvalue weighted by Gasteiger charge is -2.16. The summed E-state index contributed by atoms with van der Waals surface area (Å²) in [4.78, 5) is 11.1. The number of hydrogen-bond acceptors (Lipinski definition) is 3. The number of nitrogens with two attached hydrogens (primary N) is 1. The third-order valence-corrected chi connectivity index (χ3v) is 3.69. The lowest BCUT2D eigenvalue weighted by atomic mass is 9.96. The Morgan fingerprint density at radius 3 is 2.61 bits per heavy atom. The summed E-state index contributed by atoms with van der Waals surface area (Å²) in [5.41, 5.74) is 6.41. The number of phenols is 1. The van der Waals surface area contributed by atoms with Gasteiger partial charge in [-0.15, -0.1) is 12.4 Å². The highest BCUT2D eigenvalue weighted by Gasteiger charge is 2.28. The zero-order valence-corrected chi connectivity index (χ0v) is 12.0. The summed E-state index contributed by atoms with van der Waals surface area (Å²) in [5.74, 6) is -0.544. The molecule has 18 heavy (non-hydrogen) atoms.